The van der Waals surface area contributed by atoms with Crippen molar-refractivity contribution in [1.29, 1.82) is 0 Å². The van der Waals surface area contributed by atoms with Gasteiger partial charge in [0.2, 0.25) is 4.77 Å². The molecule has 0 aliphatic rings. The van der Waals surface area contributed by atoms with E-state index >= 15 is 0 Å². The molecule has 2 aromatic heterocycles. The number of hydrogen-bond acceptors (Lipinski definition) is 5. The summed E-state index contributed by atoms with van der Waals surface area (Å²) in [5, 5.41) is 15.5. The van der Waals surface area contributed by atoms with Gasteiger partial charge < -0.3 is 0 Å². The number of aromatic nitrogens is 5. The van der Waals surface area contributed by atoms with E-state index in [-0.39, 0.29) is 16.0 Å². The maximum Gasteiger partial charge on any atom is 0.296 e. The summed E-state index contributed by atoms with van der Waals surface area (Å²) in [6.07, 6.45) is 3.46. The second-order valence-electron chi connectivity index (χ2n) is 6.55. The van der Waals surface area contributed by atoms with Crippen LogP contribution in [-0.2, 0) is 0 Å². The van der Waals surface area contributed by atoms with Crippen molar-refractivity contribution in [3.05, 3.63) is 92.7 Å². The van der Waals surface area contributed by atoms with E-state index in [1.54, 1.807) is 17.8 Å². The molecule has 4 rings (SSSR count). The van der Waals surface area contributed by atoms with Gasteiger partial charge in [-0.05, 0) is 38.2 Å². The van der Waals surface area contributed by atoms with E-state index in [0.717, 1.165) is 32.7 Å². The number of nitrogens with one attached hydrogen (secondary N) is 1. The van der Waals surface area contributed by atoms with Crippen LogP contribution in [0.2, 0.25) is 0 Å². The monoisotopic (exact) mass is 402 g/mol. The molecule has 144 valence electrons. The molecule has 0 radical (unpaired) electrons. The van der Waals surface area contributed by atoms with Crippen molar-refractivity contribution in [1.82, 2.24) is 24.7 Å². The second-order valence-corrected chi connectivity index (χ2v) is 6.94. The smallest absolute Gasteiger partial charge is 0.265 e. The molecular weight excluding hydrogens is 384 g/mol. The fraction of sp³-hybridized carbons (Fsp3) is 0.0952. The third-order valence-electron chi connectivity index (χ3n) is 4.41. The van der Waals surface area contributed by atoms with E-state index in [4.69, 9.17) is 17.3 Å². The van der Waals surface area contributed by atoms with Crippen LogP contribution in [0.3, 0.4) is 0 Å². The van der Waals surface area contributed by atoms with Crippen molar-refractivity contribution in [3.63, 3.8) is 0 Å². The van der Waals surface area contributed by atoms with E-state index < -0.39 is 0 Å². The van der Waals surface area contributed by atoms with Gasteiger partial charge in [0.05, 0.1) is 11.9 Å². The summed E-state index contributed by atoms with van der Waals surface area (Å²) in [5.41, 5.74) is 4.48. The fourth-order valence-corrected chi connectivity index (χ4v) is 3.00. The Morgan fingerprint density at radius 2 is 1.79 bits per heavy atom. The molecule has 0 bridgehead atoms. The van der Waals surface area contributed by atoms with Crippen LogP contribution in [0.15, 0.2) is 70.7 Å². The molecule has 0 saturated heterocycles. The van der Waals surface area contributed by atoms with Crippen molar-refractivity contribution in [2.45, 2.75) is 13.8 Å². The highest BCUT2D eigenvalue weighted by Crippen LogP contribution is 2.23. The zero-order valence-corrected chi connectivity index (χ0v) is 16.7. The highest BCUT2D eigenvalue weighted by atomic mass is 32.1. The summed E-state index contributed by atoms with van der Waals surface area (Å²) in [6, 6.07) is 17.9. The minimum Gasteiger partial charge on any atom is -0.265 e. The molecule has 0 aliphatic heterocycles. The SMILES string of the molecule is Cc1ccc(-c2nn(-c3ccccc3)cc2/C=N\n2c(=S)[nH]nc(C)c2=O)cc1. The predicted molar refractivity (Wildman–Crippen MR) is 115 cm³/mol. The van der Waals surface area contributed by atoms with Gasteiger partial charge in [0, 0.05) is 17.3 Å². The Morgan fingerprint density at radius 3 is 2.52 bits per heavy atom. The molecule has 0 unspecified atom stereocenters. The fourth-order valence-electron chi connectivity index (χ4n) is 2.83. The van der Waals surface area contributed by atoms with Crippen LogP contribution in [0.4, 0.5) is 0 Å². The molecule has 7 nitrogen and oxygen atoms in total. The number of aryl methyl sites for hydroxylation is 2. The first-order valence-corrected chi connectivity index (χ1v) is 9.38. The second kappa shape index (κ2) is 7.76. The van der Waals surface area contributed by atoms with E-state index in [1.807, 2.05) is 67.7 Å². The summed E-state index contributed by atoms with van der Waals surface area (Å²) in [6.45, 7) is 3.64. The van der Waals surface area contributed by atoms with Gasteiger partial charge in [-0.3, -0.25) is 9.89 Å². The Kier molecular flexibility index (Phi) is 5.01. The number of aromatic amines is 1. The zero-order valence-electron chi connectivity index (χ0n) is 15.9. The number of para-hydroxylation sites is 1. The Balaban J connectivity index is 1.85. The normalized spacial score (nSPS) is 11.2. The Labute approximate surface area is 172 Å². The molecule has 0 spiro atoms. The number of H-pyrrole nitrogens is 1. The lowest BCUT2D eigenvalue weighted by atomic mass is 10.1. The largest absolute Gasteiger partial charge is 0.296 e. The van der Waals surface area contributed by atoms with Crippen molar-refractivity contribution >= 4 is 18.4 Å². The third kappa shape index (κ3) is 3.83. The molecule has 0 atom stereocenters. The van der Waals surface area contributed by atoms with Gasteiger partial charge in [-0.25, -0.2) is 4.68 Å². The average molecular weight is 402 g/mol. The highest BCUT2D eigenvalue weighted by molar-refractivity contribution is 7.71. The zero-order chi connectivity index (χ0) is 20.4. The summed E-state index contributed by atoms with van der Waals surface area (Å²) in [7, 11) is 0. The molecule has 2 heterocycles. The van der Waals surface area contributed by atoms with Gasteiger partial charge in [0.25, 0.3) is 5.56 Å². The number of benzene rings is 2. The third-order valence-corrected chi connectivity index (χ3v) is 4.68. The molecule has 2 aromatic carbocycles. The van der Waals surface area contributed by atoms with Crippen molar-refractivity contribution in [3.8, 4) is 16.9 Å². The van der Waals surface area contributed by atoms with E-state index in [1.165, 1.54) is 0 Å². The molecule has 4 aromatic rings. The summed E-state index contributed by atoms with van der Waals surface area (Å²) < 4.78 is 3.04. The Hall–Kier alpha value is -3.65. The molecular formula is C21H18N6OS. The molecule has 0 aliphatic carbocycles. The first kappa shape index (κ1) is 18.7. The summed E-state index contributed by atoms with van der Waals surface area (Å²) >= 11 is 5.15. The van der Waals surface area contributed by atoms with Crippen molar-refractivity contribution in [2.75, 3.05) is 0 Å². The summed E-state index contributed by atoms with van der Waals surface area (Å²) in [4.78, 5) is 12.3. The highest BCUT2D eigenvalue weighted by Gasteiger charge is 2.11. The van der Waals surface area contributed by atoms with Gasteiger partial charge in [-0.15, -0.1) is 0 Å². The lowest BCUT2D eigenvalue weighted by Crippen LogP contribution is -2.22. The van der Waals surface area contributed by atoms with Crippen molar-refractivity contribution in [2.24, 2.45) is 5.10 Å². The molecule has 0 amide bonds. The van der Waals surface area contributed by atoms with Gasteiger partial charge in [-0.2, -0.15) is 20.0 Å². The minimum absolute atomic E-state index is 0.129. The lowest BCUT2D eigenvalue weighted by Gasteiger charge is -2.01. The number of nitrogens with zero attached hydrogens (tertiary/aromatic N) is 5. The quantitative estimate of drug-likeness (QED) is 0.417. The van der Waals surface area contributed by atoms with Gasteiger partial charge >= 0.3 is 0 Å². The minimum atomic E-state index is -0.364. The first-order valence-electron chi connectivity index (χ1n) is 8.98. The Morgan fingerprint density at radius 1 is 1.07 bits per heavy atom. The van der Waals surface area contributed by atoms with Gasteiger partial charge in [0.15, 0.2) is 0 Å². The van der Waals surface area contributed by atoms with Crippen molar-refractivity contribution < 1.29 is 0 Å². The maximum atomic E-state index is 12.3. The van der Waals surface area contributed by atoms with Gasteiger partial charge in [0.1, 0.15) is 11.4 Å². The van der Waals surface area contributed by atoms with Crippen LogP contribution in [0, 0.1) is 18.6 Å². The van der Waals surface area contributed by atoms with Crippen LogP contribution >= 0.6 is 12.2 Å². The maximum absolute atomic E-state index is 12.3. The molecule has 8 heteroatoms. The number of rotatable bonds is 4. The van der Waals surface area contributed by atoms with Crippen LogP contribution < -0.4 is 5.56 Å². The van der Waals surface area contributed by atoms with Crippen LogP contribution in [0.25, 0.3) is 16.9 Å². The van der Waals surface area contributed by atoms with Gasteiger partial charge in [-0.1, -0.05) is 48.0 Å². The van der Waals surface area contributed by atoms with E-state index in [9.17, 15) is 4.79 Å². The van der Waals surface area contributed by atoms with Crippen LogP contribution in [-0.4, -0.2) is 30.9 Å². The molecule has 0 fully saturated rings. The van der Waals surface area contributed by atoms with Crippen LogP contribution in [0.1, 0.15) is 16.8 Å². The molecule has 1 N–H and O–H groups in total. The Bertz CT molecular complexity index is 1300. The van der Waals surface area contributed by atoms with E-state index in [2.05, 4.69) is 15.3 Å². The first-order chi connectivity index (χ1) is 14.0. The van der Waals surface area contributed by atoms with E-state index in [0.29, 0.717) is 0 Å². The summed E-state index contributed by atoms with van der Waals surface area (Å²) in [5.74, 6) is 0. The van der Waals surface area contributed by atoms with Crippen LogP contribution in [0.5, 0.6) is 0 Å². The lowest BCUT2D eigenvalue weighted by molar-refractivity contribution is 0.720. The average Bonchev–Trinajstić information content (AvgIpc) is 3.16. The number of hydrogen-bond donors (Lipinski definition) is 1. The topological polar surface area (TPSA) is 80.9 Å². The predicted octanol–water partition coefficient (Wildman–Crippen LogP) is 3.65. The standard InChI is InChI=1S/C21H18N6OS/c1-14-8-10-16(11-9-14)19-17(13-26(25-19)18-6-4-3-5-7-18)12-22-27-20(28)15(2)23-24-21(27)29/h3-13H,1-2H3,(H,24,29)/b22-12-. The molecule has 0 saturated carbocycles. The molecule has 29 heavy (non-hydrogen) atoms.